The lowest BCUT2D eigenvalue weighted by atomic mass is 9.95. The second-order valence-electron chi connectivity index (χ2n) is 9.74. The number of ether oxygens (including phenoxy) is 10. The van der Waals surface area contributed by atoms with E-state index in [4.69, 9.17) is 47.4 Å². The molecule has 3 aliphatic rings. The van der Waals surface area contributed by atoms with Gasteiger partial charge < -0.3 is 47.4 Å². The van der Waals surface area contributed by atoms with Gasteiger partial charge in [0.2, 0.25) is 0 Å². The Morgan fingerprint density at radius 1 is 0.806 bits per heavy atom. The first-order valence-electron chi connectivity index (χ1n) is 12.4. The summed E-state index contributed by atoms with van der Waals surface area (Å²) in [5.74, 6) is -0.749. The smallest absolute Gasteiger partial charge is 0.187 e. The Hall–Kier alpha value is -1.18. The van der Waals surface area contributed by atoms with E-state index in [9.17, 15) is 0 Å². The predicted molar refractivity (Wildman–Crippen MR) is 127 cm³/mol. The zero-order valence-corrected chi connectivity index (χ0v) is 22.2. The molecule has 3 saturated heterocycles. The molecule has 10 unspecified atom stereocenters. The molecule has 0 aliphatic carbocycles. The Morgan fingerprint density at radius 2 is 1.44 bits per heavy atom. The van der Waals surface area contributed by atoms with Gasteiger partial charge in [-0.15, -0.1) is 0 Å². The molecule has 3 aliphatic heterocycles. The fraction of sp³-hybridized carbons (Fsp3) is 0.769. The fourth-order valence-electron chi connectivity index (χ4n) is 5.14. The van der Waals surface area contributed by atoms with Crippen molar-refractivity contribution >= 4 is 0 Å². The molecule has 3 fully saturated rings. The lowest BCUT2D eigenvalue weighted by Crippen LogP contribution is -2.67. The van der Waals surface area contributed by atoms with Crippen LogP contribution in [0.1, 0.15) is 26.3 Å². The fourth-order valence-corrected chi connectivity index (χ4v) is 5.14. The quantitative estimate of drug-likeness (QED) is 0.491. The molecule has 4 rings (SSSR count). The second-order valence-corrected chi connectivity index (χ2v) is 9.74. The van der Waals surface area contributed by atoms with Crippen LogP contribution < -0.4 is 0 Å². The summed E-state index contributed by atoms with van der Waals surface area (Å²) >= 11 is 0. The zero-order valence-electron chi connectivity index (χ0n) is 22.2. The number of fused-ring (bicyclic) bond motifs is 1. The molecule has 0 spiro atoms. The van der Waals surface area contributed by atoms with E-state index in [1.54, 1.807) is 28.4 Å². The largest absolute Gasteiger partial charge is 0.376 e. The first-order chi connectivity index (χ1) is 17.3. The first-order valence-corrected chi connectivity index (χ1v) is 12.4. The van der Waals surface area contributed by atoms with Gasteiger partial charge in [-0.25, -0.2) is 0 Å². The van der Waals surface area contributed by atoms with E-state index < -0.39 is 48.9 Å². The molecule has 1 aromatic rings. The molecule has 0 saturated carbocycles. The molecular weight excluding hydrogens is 472 g/mol. The van der Waals surface area contributed by atoms with Crippen molar-refractivity contribution in [3.63, 3.8) is 0 Å². The number of hydrogen-bond donors (Lipinski definition) is 0. The van der Waals surface area contributed by atoms with Crippen molar-refractivity contribution in [2.24, 2.45) is 0 Å². The Balaban J connectivity index is 1.48. The maximum absolute atomic E-state index is 6.50. The maximum atomic E-state index is 6.50. The summed E-state index contributed by atoms with van der Waals surface area (Å²) in [5, 5.41) is 0. The Bertz CT molecular complexity index is 807. The highest BCUT2D eigenvalue weighted by molar-refractivity contribution is 5.13. The number of benzene rings is 1. The standard InChI is InChI=1S/C26H40O10/c1-15-18(20(27-4)22(29-6)24(33-15)31-13-16-11-9-8-10-12-16)35-25-23(30-7)21(28-5)19-17(34-25)14-32-26(2,3)36-19/h8-12,15,17-25H,13-14H2,1-7H3. The molecular formula is C26H40O10. The molecule has 1 aromatic carbocycles. The van der Waals surface area contributed by atoms with Gasteiger partial charge in [0.25, 0.3) is 0 Å². The van der Waals surface area contributed by atoms with E-state index in [1.807, 2.05) is 51.1 Å². The molecule has 3 heterocycles. The molecule has 0 N–H and O–H groups in total. The van der Waals surface area contributed by atoms with Gasteiger partial charge in [0.1, 0.15) is 42.7 Å². The van der Waals surface area contributed by atoms with Gasteiger partial charge in [-0.05, 0) is 26.3 Å². The zero-order chi connectivity index (χ0) is 25.9. The van der Waals surface area contributed by atoms with Crippen LogP contribution in [0.5, 0.6) is 0 Å². The monoisotopic (exact) mass is 512 g/mol. The molecule has 0 amide bonds. The SMILES string of the molecule is COC1C(OCc2ccccc2)OC(C)C(OC2OC3COC(C)(C)OC3C(OC)C2OC)C1OC. The van der Waals surface area contributed by atoms with E-state index in [1.165, 1.54) is 0 Å². The van der Waals surface area contributed by atoms with Crippen LogP contribution in [-0.2, 0) is 54.0 Å². The average Bonchev–Trinajstić information content (AvgIpc) is 2.87. The minimum atomic E-state index is -0.775. The summed E-state index contributed by atoms with van der Waals surface area (Å²) < 4.78 is 60.3. The van der Waals surface area contributed by atoms with E-state index >= 15 is 0 Å². The third-order valence-electron chi connectivity index (χ3n) is 6.97. The summed E-state index contributed by atoms with van der Waals surface area (Å²) in [7, 11) is 6.45. The number of hydrogen-bond acceptors (Lipinski definition) is 10. The van der Waals surface area contributed by atoms with Gasteiger partial charge in [-0.2, -0.15) is 0 Å². The summed E-state index contributed by atoms with van der Waals surface area (Å²) in [6.45, 7) is 6.37. The van der Waals surface area contributed by atoms with Gasteiger partial charge in [-0.1, -0.05) is 30.3 Å². The van der Waals surface area contributed by atoms with Crippen molar-refractivity contribution in [3.05, 3.63) is 35.9 Å². The van der Waals surface area contributed by atoms with Crippen LogP contribution in [0.15, 0.2) is 30.3 Å². The molecule has 0 radical (unpaired) electrons. The normalized spacial score (nSPS) is 40.5. The molecule has 10 atom stereocenters. The summed E-state index contributed by atoms with van der Waals surface area (Å²) in [6, 6.07) is 9.90. The Morgan fingerprint density at radius 3 is 2.08 bits per heavy atom. The summed E-state index contributed by atoms with van der Waals surface area (Å²) in [6.07, 6.45) is -5.10. The molecule has 0 aromatic heterocycles. The van der Waals surface area contributed by atoms with Crippen LogP contribution in [0.4, 0.5) is 0 Å². The van der Waals surface area contributed by atoms with Crippen LogP contribution in [0.2, 0.25) is 0 Å². The van der Waals surface area contributed by atoms with Crippen LogP contribution in [0, 0.1) is 0 Å². The third kappa shape index (κ3) is 5.94. The van der Waals surface area contributed by atoms with Crippen molar-refractivity contribution in [1.82, 2.24) is 0 Å². The van der Waals surface area contributed by atoms with Crippen molar-refractivity contribution in [2.45, 2.75) is 94.6 Å². The van der Waals surface area contributed by atoms with Crippen molar-refractivity contribution in [1.29, 1.82) is 0 Å². The van der Waals surface area contributed by atoms with Crippen LogP contribution >= 0.6 is 0 Å². The van der Waals surface area contributed by atoms with E-state index in [0.717, 1.165) is 5.56 Å². The summed E-state index contributed by atoms with van der Waals surface area (Å²) in [5.41, 5.74) is 1.04. The van der Waals surface area contributed by atoms with Gasteiger partial charge in [0, 0.05) is 28.4 Å². The minimum Gasteiger partial charge on any atom is -0.376 e. The molecule has 0 bridgehead atoms. The maximum Gasteiger partial charge on any atom is 0.187 e. The highest BCUT2D eigenvalue weighted by atomic mass is 16.8. The van der Waals surface area contributed by atoms with Crippen molar-refractivity contribution < 1.29 is 47.4 Å². The first kappa shape index (κ1) is 27.8. The Labute approximate surface area is 213 Å². The molecule has 10 heteroatoms. The van der Waals surface area contributed by atoms with E-state index in [0.29, 0.717) is 13.2 Å². The minimum absolute atomic E-state index is 0.342. The number of methoxy groups -OCH3 is 4. The second kappa shape index (κ2) is 12.1. The van der Waals surface area contributed by atoms with Gasteiger partial charge in [-0.3, -0.25) is 0 Å². The number of rotatable bonds is 9. The van der Waals surface area contributed by atoms with Crippen LogP contribution in [0.3, 0.4) is 0 Å². The van der Waals surface area contributed by atoms with Crippen molar-refractivity contribution in [3.8, 4) is 0 Å². The van der Waals surface area contributed by atoms with Crippen LogP contribution in [0.25, 0.3) is 0 Å². The Kier molecular flexibility index (Phi) is 9.38. The van der Waals surface area contributed by atoms with Crippen LogP contribution in [-0.4, -0.2) is 102 Å². The summed E-state index contributed by atoms with van der Waals surface area (Å²) in [4.78, 5) is 0. The average molecular weight is 513 g/mol. The van der Waals surface area contributed by atoms with Gasteiger partial charge >= 0.3 is 0 Å². The third-order valence-corrected chi connectivity index (χ3v) is 6.97. The molecule has 204 valence electrons. The predicted octanol–water partition coefficient (Wildman–Crippen LogP) is 2.27. The topological polar surface area (TPSA) is 92.3 Å². The highest BCUT2D eigenvalue weighted by Gasteiger charge is 2.55. The van der Waals surface area contributed by atoms with Gasteiger partial charge in [0.05, 0.1) is 19.3 Å². The van der Waals surface area contributed by atoms with Crippen molar-refractivity contribution in [2.75, 3.05) is 35.0 Å². The van der Waals surface area contributed by atoms with E-state index in [2.05, 4.69) is 0 Å². The van der Waals surface area contributed by atoms with E-state index in [-0.39, 0.29) is 18.3 Å². The molecule has 36 heavy (non-hydrogen) atoms. The van der Waals surface area contributed by atoms with Gasteiger partial charge in [0.15, 0.2) is 18.4 Å². The highest BCUT2D eigenvalue weighted by Crippen LogP contribution is 2.37. The lowest BCUT2D eigenvalue weighted by molar-refractivity contribution is -0.402. The lowest BCUT2D eigenvalue weighted by Gasteiger charge is -2.52. The molecule has 10 nitrogen and oxygen atoms in total.